The molecule has 0 heterocycles. The number of rotatable bonds is 5. The molecule has 20 heavy (non-hydrogen) atoms. The lowest BCUT2D eigenvalue weighted by molar-refractivity contribution is -0.137. The minimum atomic E-state index is -0.885. The molecule has 0 aromatic rings. The van der Waals surface area contributed by atoms with E-state index in [1.807, 2.05) is 13.8 Å². The van der Waals surface area contributed by atoms with E-state index in [1.54, 1.807) is 0 Å². The Hall–Kier alpha value is -1.26. The number of urea groups is 1. The molecule has 0 radical (unpaired) electrons. The Morgan fingerprint density at radius 3 is 2.35 bits per heavy atom. The van der Waals surface area contributed by atoms with E-state index in [0.717, 1.165) is 19.3 Å². The zero-order valence-electron chi connectivity index (χ0n) is 13.0. The van der Waals surface area contributed by atoms with Gasteiger partial charge in [-0.05, 0) is 37.0 Å². The van der Waals surface area contributed by atoms with Gasteiger partial charge in [0.05, 0.1) is 6.42 Å². The Labute approximate surface area is 121 Å². The summed E-state index contributed by atoms with van der Waals surface area (Å²) >= 11 is 0. The quantitative estimate of drug-likeness (QED) is 0.726. The number of carbonyl (C=O) groups excluding carboxylic acids is 1. The molecular formula is C15H28N2O3. The van der Waals surface area contributed by atoms with Crippen LogP contribution in [0.25, 0.3) is 0 Å². The van der Waals surface area contributed by atoms with Crippen molar-refractivity contribution in [3.63, 3.8) is 0 Å². The first kappa shape index (κ1) is 16.8. The molecule has 4 unspecified atom stereocenters. The Kier molecular flexibility index (Phi) is 6.30. The average molecular weight is 284 g/mol. The SMILES string of the molecule is CC(C)C(CC(=O)O)NC(=O)NC1CCC(C)C(C)C1. The maximum absolute atomic E-state index is 12.0. The standard InChI is InChI=1S/C15H28N2O3/c1-9(2)13(8-14(18)19)17-15(20)16-12-6-5-10(3)11(4)7-12/h9-13H,5-8H2,1-4H3,(H,18,19)(H2,16,17,20). The van der Waals surface area contributed by atoms with Gasteiger partial charge in [0.2, 0.25) is 0 Å². The van der Waals surface area contributed by atoms with Crippen LogP contribution in [0.3, 0.4) is 0 Å². The van der Waals surface area contributed by atoms with E-state index in [0.29, 0.717) is 11.8 Å². The van der Waals surface area contributed by atoms with Crippen LogP contribution >= 0.6 is 0 Å². The lowest BCUT2D eigenvalue weighted by atomic mass is 9.79. The summed E-state index contributed by atoms with van der Waals surface area (Å²) in [4.78, 5) is 22.8. The van der Waals surface area contributed by atoms with Gasteiger partial charge in [-0.1, -0.05) is 27.7 Å². The Balaban J connectivity index is 2.43. The van der Waals surface area contributed by atoms with Crippen LogP contribution in [0.5, 0.6) is 0 Å². The number of hydrogen-bond acceptors (Lipinski definition) is 2. The molecule has 1 rings (SSSR count). The number of hydrogen-bond donors (Lipinski definition) is 3. The number of amides is 2. The first-order valence-electron chi connectivity index (χ1n) is 7.58. The van der Waals surface area contributed by atoms with Crippen molar-refractivity contribution in [2.24, 2.45) is 17.8 Å². The van der Waals surface area contributed by atoms with Crippen LogP contribution in [-0.4, -0.2) is 29.2 Å². The summed E-state index contributed by atoms with van der Waals surface area (Å²) in [6.45, 7) is 8.30. The molecule has 1 aliphatic carbocycles. The van der Waals surface area contributed by atoms with E-state index in [-0.39, 0.29) is 30.5 Å². The van der Waals surface area contributed by atoms with E-state index < -0.39 is 5.97 Å². The predicted molar refractivity (Wildman–Crippen MR) is 78.5 cm³/mol. The molecule has 0 aromatic carbocycles. The molecule has 0 saturated heterocycles. The largest absolute Gasteiger partial charge is 0.481 e. The summed E-state index contributed by atoms with van der Waals surface area (Å²) in [7, 11) is 0. The van der Waals surface area contributed by atoms with Gasteiger partial charge in [-0.2, -0.15) is 0 Å². The highest BCUT2D eigenvalue weighted by Gasteiger charge is 2.26. The third kappa shape index (κ3) is 5.39. The molecule has 3 N–H and O–H groups in total. The monoisotopic (exact) mass is 284 g/mol. The van der Waals surface area contributed by atoms with Crippen molar-refractivity contribution in [3.8, 4) is 0 Å². The molecule has 0 spiro atoms. The third-order valence-electron chi connectivity index (χ3n) is 4.45. The molecule has 0 bridgehead atoms. The zero-order chi connectivity index (χ0) is 15.3. The fourth-order valence-corrected chi connectivity index (χ4v) is 2.72. The van der Waals surface area contributed by atoms with Gasteiger partial charge >= 0.3 is 12.0 Å². The molecule has 4 atom stereocenters. The van der Waals surface area contributed by atoms with E-state index >= 15 is 0 Å². The first-order valence-corrected chi connectivity index (χ1v) is 7.58. The van der Waals surface area contributed by atoms with Crippen molar-refractivity contribution in [2.75, 3.05) is 0 Å². The highest BCUT2D eigenvalue weighted by Crippen LogP contribution is 2.29. The van der Waals surface area contributed by atoms with Gasteiger partial charge in [-0.3, -0.25) is 4.79 Å². The highest BCUT2D eigenvalue weighted by atomic mass is 16.4. The summed E-state index contributed by atoms with van der Waals surface area (Å²) in [5, 5.41) is 14.6. The van der Waals surface area contributed by atoms with Crippen LogP contribution in [0.4, 0.5) is 4.79 Å². The maximum atomic E-state index is 12.0. The minimum Gasteiger partial charge on any atom is -0.481 e. The van der Waals surface area contributed by atoms with Gasteiger partial charge in [0, 0.05) is 12.1 Å². The Morgan fingerprint density at radius 2 is 1.85 bits per heavy atom. The summed E-state index contributed by atoms with van der Waals surface area (Å²) in [5.41, 5.74) is 0. The van der Waals surface area contributed by atoms with Crippen LogP contribution in [-0.2, 0) is 4.79 Å². The number of nitrogens with one attached hydrogen (secondary N) is 2. The zero-order valence-corrected chi connectivity index (χ0v) is 13.0. The van der Waals surface area contributed by atoms with Crippen LogP contribution in [0.15, 0.2) is 0 Å². The smallest absolute Gasteiger partial charge is 0.315 e. The number of aliphatic carboxylic acids is 1. The Morgan fingerprint density at radius 1 is 1.20 bits per heavy atom. The van der Waals surface area contributed by atoms with Gasteiger partial charge < -0.3 is 15.7 Å². The van der Waals surface area contributed by atoms with Gasteiger partial charge in [0.25, 0.3) is 0 Å². The number of carboxylic acids is 1. The van der Waals surface area contributed by atoms with Gasteiger partial charge in [0.1, 0.15) is 0 Å². The fraction of sp³-hybridized carbons (Fsp3) is 0.867. The summed E-state index contributed by atoms with van der Waals surface area (Å²) < 4.78 is 0. The Bertz CT molecular complexity index is 344. The van der Waals surface area contributed by atoms with Crippen molar-refractivity contribution < 1.29 is 14.7 Å². The molecular weight excluding hydrogens is 256 g/mol. The lowest BCUT2D eigenvalue weighted by Gasteiger charge is -2.33. The molecule has 5 nitrogen and oxygen atoms in total. The van der Waals surface area contributed by atoms with Crippen LogP contribution < -0.4 is 10.6 Å². The molecule has 0 aliphatic heterocycles. The second-order valence-corrected chi connectivity index (χ2v) is 6.53. The summed E-state index contributed by atoms with van der Waals surface area (Å²) in [6.07, 6.45) is 3.10. The van der Waals surface area contributed by atoms with Crippen LogP contribution in [0.1, 0.15) is 53.4 Å². The predicted octanol–water partition coefficient (Wildman–Crippen LogP) is 2.61. The highest BCUT2D eigenvalue weighted by molar-refractivity contribution is 5.76. The lowest BCUT2D eigenvalue weighted by Crippen LogP contribution is -2.49. The van der Waals surface area contributed by atoms with Crippen molar-refractivity contribution in [2.45, 2.75) is 65.5 Å². The van der Waals surface area contributed by atoms with Crippen molar-refractivity contribution in [1.82, 2.24) is 10.6 Å². The fourth-order valence-electron chi connectivity index (χ4n) is 2.72. The summed E-state index contributed by atoms with van der Waals surface area (Å²) in [5.74, 6) is 0.548. The van der Waals surface area contributed by atoms with Crippen molar-refractivity contribution >= 4 is 12.0 Å². The van der Waals surface area contributed by atoms with Crippen molar-refractivity contribution in [1.29, 1.82) is 0 Å². The van der Waals surface area contributed by atoms with E-state index in [2.05, 4.69) is 24.5 Å². The third-order valence-corrected chi connectivity index (χ3v) is 4.45. The maximum Gasteiger partial charge on any atom is 0.315 e. The molecule has 5 heteroatoms. The second kappa shape index (κ2) is 7.50. The second-order valence-electron chi connectivity index (χ2n) is 6.53. The summed E-state index contributed by atoms with van der Waals surface area (Å²) in [6, 6.07) is -0.358. The van der Waals surface area contributed by atoms with Gasteiger partial charge in [-0.15, -0.1) is 0 Å². The van der Waals surface area contributed by atoms with Crippen molar-refractivity contribution in [3.05, 3.63) is 0 Å². The molecule has 1 aliphatic rings. The number of carbonyl (C=O) groups is 2. The molecule has 2 amide bonds. The molecule has 0 aromatic heterocycles. The van der Waals surface area contributed by atoms with E-state index in [4.69, 9.17) is 5.11 Å². The van der Waals surface area contributed by atoms with Gasteiger partial charge in [0.15, 0.2) is 0 Å². The average Bonchev–Trinajstić information content (AvgIpc) is 2.32. The van der Waals surface area contributed by atoms with Crippen LogP contribution in [0, 0.1) is 17.8 Å². The van der Waals surface area contributed by atoms with Gasteiger partial charge in [-0.25, -0.2) is 4.79 Å². The van der Waals surface area contributed by atoms with E-state index in [1.165, 1.54) is 0 Å². The molecule has 116 valence electrons. The topological polar surface area (TPSA) is 78.4 Å². The minimum absolute atomic E-state index is 0.0385. The number of carboxylic acid groups (broad SMARTS) is 1. The first-order chi connectivity index (χ1) is 9.29. The van der Waals surface area contributed by atoms with E-state index in [9.17, 15) is 9.59 Å². The molecule has 1 fully saturated rings. The van der Waals surface area contributed by atoms with Crippen LogP contribution in [0.2, 0.25) is 0 Å². The molecule has 1 saturated carbocycles. The normalized spacial score (nSPS) is 27.9.